The Morgan fingerprint density at radius 3 is 2.75 bits per heavy atom. The number of aryl methyl sites for hydroxylation is 1. The van der Waals surface area contributed by atoms with Crippen molar-refractivity contribution in [2.75, 3.05) is 43.4 Å². The first-order valence-corrected chi connectivity index (χ1v) is 16.7. The van der Waals surface area contributed by atoms with Crippen molar-refractivity contribution in [3.8, 4) is 29.5 Å². The van der Waals surface area contributed by atoms with Crippen LogP contribution in [0.25, 0.3) is 43.8 Å². The predicted octanol–water partition coefficient (Wildman–Crippen LogP) is 6.24. The molecule has 3 N–H and O–H groups in total. The molecule has 4 aliphatic heterocycles. The molecule has 0 aliphatic carbocycles. The lowest BCUT2D eigenvalue weighted by atomic mass is 9.91. The summed E-state index contributed by atoms with van der Waals surface area (Å²) in [4.78, 5) is 14.2. The highest BCUT2D eigenvalue weighted by atomic mass is 19.1. The minimum atomic E-state index is -0.915. The average Bonchev–Trinajstić information content (AvgIpc) is 3.78. The molecule has 4 fully saturated rings. The summed E-state index contributed by atoms with van der Waals surface area (Å²) in [5.41, 5.74) is 7.00. The molecule has 246 valence electrons. The molecular weight excluding hydrogens is 617 g/mol. The quantitative estimate of drug-likeness (QED) is 0.170. The first-order chi connectivity index (χ1) is 23.2. The monoisotopic (exact) mass is 652 g/mol. The van der Waals surface area contributed by atoms with Crippen LogP contribution in [0.3, 0.4) is 0 Å². The van der Waals surface area contributed by atoms with Crippen LogP contribution >= 0.6 is 0 Å². The number of nitrogens with zero attached hydrogens (tertiary/aromatic N) is 4. The number of aromatic nitrogens is 2. The molecule has 48 heavy (non-hydrogen) atoms. The van der Waals surface area contributed by atoms with Gasteiger partial charge >= 0.3 is 6.01 Å². The minimum Gasteiger partial charge on any atom is -0.461 e. The van der Waals surface area contributed by atoms with E-state index in [0.717, 1.165) is 45.3 Å². The fraction of sp³-hybridized carbons (Fsp3) is 0.405. The van der Waals surface area contributed by atoms with Gasteiger partial charge in [0.2, 0.25) is 0 Å². The second-order valence-electron chi connectivity index (χ2n) is 13.9. The zero-order valence-electron chi connectivity index (χ0n) is 26.6. The Kier molecular flexibility index (Phi) is 6.62. The summed E-state index contributed by atoms with van der Waals surface area (Å²) in [6.45, 7) is 4.77. The summed E-state index contributed by atoms with van der Waals surface area (Å²) in [5, 5.41) is 5.59. The maximum absolute atomic E-state index is 17.6. The van der Waals surface area contributed by atoms with Gasteiger partial charge in [-0.25, -0.2) is 13.2 Å². The van der Waals surface area contributed by atoms with E-state index in [4.69, 9.17) is 31.3 Å². The Bertz CT molecular complexity index is 2180. The third kappa shape index (κ3) is 4.31. The number of hydrogen-bond acceptors (Lipinski definition) is 8. The first-order valence-electron chi connectivity index (χ1n) is 16.7. The van der Waals surface area contributed by atoms with E-state index in [9.17, 15) is 4.39 Å². The number of anilines is 2. The highest BCUT2D eigenvalue weighted by molar-refractivity contribution is 6.18. The smallest absolute Gasteiger partial charge is 0.319 e. The van der Waals surface area contributed by atoms with Crippen LogP contribution in [0.1, 0.15) is 43.4 Å². The molecule has 2 aromatic heterocycles. The van der Waals surface area contributed by atoms with Crippen molar-refractivity contribution in [2.45, 2.75) is 62.8 Å². The Balaban J connectivity index is 1.31. The molecular formula is C37H35F3N6O2. The summed E-state index contributed by atoms with van der Waals surface area (Å²) >= 11 is 0. The van der Waals surface area contributed by atoms with Gasteiger partial charge in [-0.05, 0) is 74.4 Å². The van der Waals surface area contributed by atoms with Crippen molar-refractivity contribution in [2.24, 2.45) is 0 Å². The van der Waals surface area contributed by atoms with E-state index in [1.807, 2.05) is 6.07 Å². The van der Waals surface area contributed by atoms with Crippen molar-refractivity contribution in [1.82, 2.24) is 20.2 Å². The standard InChI is InChI=1S/C37H35F3N6O2/c1-3-25-28(39)8-5-20-12-22(41)13-26(29(20)25)30-32(40)33-31(27-11-19(2)48-34(27)30)35(46-23-6-7-24(46)16-42-15-23)44-36(43-33)47-18-37-9-4-10-45(37)17-21(38)14-37/h1,5,8,11-13,21,23-24,42H,4,6-7,9-10,14-18,41H2,2H3/t21-,23-,24+,37+/m1/s1. The lowest BCUT2D eigenvalue weighted by molar-refractivity contribution is 0.107. The summed E-state index contributed by atoms with van der Waals surface area (Å²) in [6.07, 6.45) is 9.02. The summed E-state index contributed by atoms with van der Waals surface area (Å²) in [7, 11) is 0. The van der Waals surface area contributed by atoms with E-state index in [1.54, 1.807) is 25.1 Å². The molecule has 0 saturated carbocycles. The second-order valence-corrected chi connectivity index (χ2v) is 13.9. The molecule has 8 nitrogen and oxygen atoms in total. The highest BCUT2D eigenvalue weighted by Crippen LogP contribution is 2.47. The number of nitrogen functional groups attached to an aromatic ring is 1. The minimum absolute atomic E-state index is 0.00585. The number of piperazine rings is 1. The number of nitrogens with two attached hydrogens (primary N) is 1. The molecule has 4 saturated heterocycles. The molecule has 6 heterocycles. The van der Waals surface area contributed by atoms with Crippen LogP contribution in [0.4, 0.5) is 24.7 Å². The van der Waals surface area contributed by atoms with Crippen LogP contribution in [0.2, 0.25) is 0 Å². The van der Waals surface area contributed by atoms with E-state index in [2.05, 4.69) is 21.0 Å². The highest BCUT2D eigenvalue weighted by Gasteiger charge is 2.49. The van der Waals surface area contributed by atoms with Crippen LogP contribution < -0.4 is 20.7 Å². The van der Waals surface area contributed by atoms with Crippen LogP contribution in [0.15, 0.2) is 34.7 Å². The van der Waals surface area contributed by atoms with Crippen LogP contribution in [0.5, 0.6) is 6.01 Å². The Morgan fingerprint density at radius 1 is 1.15 bits per heavy atom. The number of benzene rings is 3. The van der Waals surface area contributed by atoms with Crippen LogP contribution in [0, 0.1) is 30.9 Å². The van der Waals surface area contributed by atoms with Crippen molar-refractivity contribution in [1.29, 1.82) is 0 Å². The normalized spacial score (nSPS) is 25.4. The Labute approximate surface area is 275 Å². The first kappa shape index (κ1) is 29.6. The summed E-state index contributed by atoms with van der Waals surface area (Å²) in [5.74, 6) is 2.34. The van der Waals surface area contributed by atoms with Gasteiger partial charge in [0.25, 0.3) is 0 Å². The largest absolute Gasteiger partial charge is 0.461 e. The molecule has 0 unspecified atom stereocenters. The third-order valence-electron chi connectivity index (χ3n) is 11.0. The van der Waals surface area contributed by atoms with Gasteiger partial charge in [0, 0.05) is 54.6 Å². The molecule has 2 bridgehead atoms. The molecule has 11 heteroatoms. The molecule has 3 aromatic carbocycles. The number of fused-ring (bicyclic) bond motifs is 7. The molecule has 4 atom stereocenters. The second kappa shape index (κ2) is 10.7. The Hall–Kier alpha value is -4.53. The van der Waals surface area contributed by atoms with Crippen LogP contribution in [-0.2, 0) is 0 Å². The average molecular weight is 653 g/mol. The molecule has 4 aliphatic rings. The predicted molar refractivity (Wildman–Crippen MR) is 180 cm³/mol. The SMILES string of the molecule is C#Cc1c(F)ccc2cc(N)cc(-c3c(F)c4nc(OC[C@@]56CCCN5C[C@H](F)C6)nc(N5[C@@H]6CC[C@H]5CNC6)c4c4cc(C)oc34)c12. The van der Waals surface area contributed by atoms with Gasteiger partial charge in [-0.2, -0.15) is 9.97 Å². The molecule has 5 aromatic rings. The van der Waals surface area contributed by atoms with Crippen molar-refractivity contribution in [3.63, 3.8) is 0 Å². The third-order valence-corrected chi connectivity index (χ3v) is 11.0. The van der Waals surface area contributed by atoms with Crippen molar-refractivity contribution >= 4 is 44.1 Å². The summed E-state index contributed by atoms with van der Waals surface area (Å²) < 4.78 is 59.9. The molecule has 9 rings (SSSR count). The number of nitrogens with one attached hydrogen (secondary N) is 1. The molecule has 0 amide bonds. The number of ether oxygens (including phenoxy) is 1. The van der Waals surface area contributed by atoms with Gasteiger partial charge < -0.3 is 25.1 Å². The van der Waals surface area contributed by atoms with Gasteiger partial charge in [0.05, 0.1) is 22.1 Å². The molecule has 0 spiro atoms. The van der Waals surface area contributed by atoms with E-state index >= 15 is 8.78 Å². The topological polar surface area (TPSA) is 92.7 Å². The van der Waals surface area contributed by atoms with Gasteiger partial charge in [0.1, 0.15) is 41.3 Å². The Morgan fingerprint density at radius 2 is 1.96 bits per heavy atom. The number of furan rings is 1. The maximum atomic E-state index is 17.6. The van der Waals surface area contributed by atoms with Crippen molar-refractivity contribution < 1.29 is 22.3 Å². The number of alkyl halides is 1. The lowest BCUT2D eigenvalue weighted by Gasteiger charge is -2.37. The fourth-order valence-corrected chi connectivity index (χ4v) is 9.01. The zero-order chi connectivity index (χ0) is 32.9. The summed E-state index contributed by atoms with van der Waals surface area (Å²) in [6, 6.07) is 8.37. The van der Waals surface area contributed by atoms with Crippen molar-refractivity contribution in [3.05, 3.63) is 53.3 Å². The lowest BCUT2D eigenvalue weighted by Crippen LogP contribution is -2.52. The van der Waals surface area contributed by atoms with E-state index < -0.39 is 23.3 Å². The van der Waals surface area contributed by atoms with E-state index in [1.165, 1.54) is 6.07 Å². The number of hydrogen-bond donors (Lipinski definition) is 2. The fourth-order valence-electron chi connectivity index (χ4n) is 9.01. The number of halogens is 3. The maximum Gasteiger partial charge on any atom is 0.319 e. The van der Waals surface area contributed by atoms with Crippen LogP contribution in [-0.4, -0.2) is 71.4 Å². The van der Waals surface area contributed by atoms with E-state index in [-0.39, 0.29) is 46.9 Å². The molecule has 0 radical (unpaired) electrons. The number of rotatable bonds is 5. The zero-order valence-corrected chi connectivity index (χ0v) is 26.6. The van der Waals surface area contributed by atoms with Gasteiger partial charge in [-0.3, -0.25) is 4.90 Å². The van der Waals surface area contributed by atoms with Gasteiger partial charge in [0.15, 0.2) is 5.82 Å². The van der Waals surface area contributed by atoms with Gasteiger partial charge in [-0.15, -0.1) is 6.42 Å². The number of terminal acetylenes is 1. The van der Waals surface area contributed by atoms with E-state index in [0.29, 0.717) is 57.3 Å². The van der Waals surface area contributed by atoms with Gasteiger partial charge in [-0.1, -0.05) is 12.0 Å².